The molecule has 2 aromatic carbocycles. The Kier molecular flexibility index (Phi) is 7.73. The molecule has 0 amide bonds. The van der Waals surface area contributed by atoms with Gasteiger partial charge in [-0.05, 0) is 29.2 Å². The van der Waals surface area contributed by atoms with Crippen LogP contribution in [0.15, 0.2) is 48.7 Å². The van der Waals surface area contributed by atoms with Gasteiger partial charge in [0.25, 0.3) is 0 Å². The second-order valence-corrected chi connectivity index (χ2v) is 9.01. The second-order valence-electron chi connectivity index (χ2n) is 9.01. The van der Waals surface area contributed by atoms with Crippen molar-refractivity contribution in [2.24, 2.45) is 0 Å². The summed E-state index contributed by atoms with van der Waals surface area (Å²) in [5.41, 5.74) is 1.71. The van der Waals surface area contributed by atoms with E-state index in [0.29, 0.717) is 41.8 Å². The smallest absolute Gasteiger partial charge is 0.418 e. The molecular formula is C28H30F3N3O3. The summed E-state index contributed by atoms with van der Waals surface area (Å²) in [7, 11) is 4.43. The van der Waals surface area contributed by atoms with Crippen molar-refractivity contribution in [1.82, 2.24) is 14.5 Å². The van der Waals surface area contributed by atoms with Crippen LogP contribution in [0, 0.1) is 0 Å². The standard InChI is InChI=1S/C28H30F3N3O3/c1-17(2)18-8-10-19(11-9-18)26-33-24-23(28(29,30)31)21(15-20-7-6-12-32-27(20)37-5)16-22(36-4)25(24)34(26)13-14-35-3/h6-12,16-17H,13-15H2,1-5H3. The summed E-state index contributed by atoms with van der Waals surface area (Å²) in [6, 6.07) is 12.5. The number of fused-ring (bicyclic) bond motifs is 1. The SMILES string of the molecule is COCCn1c(-c2ccc(C(C)C)cc2)nc2c(C(F)(F)F)c(Cc3cccnc3OC)cc(OC)c21. The molecule has 0 atom stereocenters. The molecule has 0 aliphatic heterocycles. The molecule has 0 aliphatic carbocycles. The molecule has 0 bridgehead atoms. The summed E-state index contributed by atoms with van der Waals surface area (Å²) < 4.78 is 62.0. The summed E-state index contributed by atoms with van der Waals surface area (Å²) in [6.45, 7) is 4.77. The van der Waals surface area contributed by atoms with Crippen molar-refractivity contribution < 1.29 is 27.4 Å². The first kappa shape index (κ1) is 26.5. The van der Waals surface area contributed by atoms with Gasteiger partial charge in [0.1, 0.15) is 22.6 Å². The molecule has 2 aromatic heterocycles. The molecular weight excluding hydrogens is 483 g/mol. The Labute approximate surface area is 214 Å². The van der Waals surface area contributed by atoms with E-state index < -0.39 is 11.7 Å². The van der Waals surface area contributed by atoms with E-state index in [0.717, 1.165) is 5.56 Å². The number of nitrogens with zero attached hydrogens (tertiary/aromatic N) is 3. The number of methoxy groups -OCH3 is 3. The largest absolute Gasteiger partial charge is 0.494 e. The van der Waals surface area contributed by atoms with Crippen LogP contribution in [0.5, 0.6) is 11.6 Å². The normalized spacial score (nSPS) is 11.9. The van der Waals surface area contributed by atoms with Crippen LogP contribution in [0.3, 0.4) is 0 Å². The van der Waals surface area contributed by atoms with Crippen LogP contribution >= 0.6 is 0 Å². The van der Waals surface area contributed by atoms with Crippen LogP contribution in [0.25, 0.3) is 22.4 Å². The lowest BCUT2D eigenvalue weighted by Crippen LogP contribution is -2.13. The molecule has 4 rings (SSSR count). The monoisotopic (exact) mass is 513 g/mol. The van der Waals surface area contributed by atoms with Gasteiger partial charge >= 0.3 is 6.18 Å². The van der Waals surface area contributed by atoms with Crippen LogP contribution in [-0.4, -0.2) is 42.5 Å². The molecule has 2 heterocycles. The van der Waals surface area contributed by atoms with Crippen molar-refractivity contribution >= 4 is 11.0 Å². The Morgan fingerprint density at radius 3 is 2.30 bits per heavy atom. The Bertz CT molecular complexity index is 1380. The van der Waals surface area contributed by atoms with Crippen molar-refractivity contribution in [1.29, 1.82) is 0 Å². The van der Waals surface area contributed by atoms with E-state index in [2.05, 4.69) is 23.8 Å². The molecule has 9 heteroatoms. The van der Waals surface area contributed by atoms with Crippen molar-refractivity contribution in [3.05, 3.63) is 70.9 Å². The maximum atomic E-state index is 14.7. The summed E-state index contributed by atoms with van der Waals surface area (Å²) in [5.74, 6) is 1.31. The molecule has 0 fully saturated rings. The number of imidazole rings is 1. The molecule has 0 radical (unpaired) electrons. The maximum absolute atomic E-state index is 14.7. The first-order chi connectivity index (χ1) is 17.7. The molecule has 4 aromatic rings. The zero-order chi connectivity index (χ0) is 26.7. The van der Waals surface area contributed by atoms with Gasteiger partial charge < -0.3 is 18.8 Å². The van der Waals surface area contributed by atoms with Gasteiger partial charge in [-0.1, -0.05) is 44.2 Å². The average Bonchev–Trinajstić information content (AvgIpc) is 3.25. The van der Waals surface area contributed by atoms with Crippen molar-refractivity contribution in [2.75, 3.05) is 27.9 Å². The highest BCUT2D eigenvalue weighted by atomic mass is 19.4. The number of ether oxygens (including phenoxy) is 3. The number of hydrogen-bond acceptors (Lipinski definition) is 5. The predicted octanol–water partition coefficient (Wildman–Crippen LogP) is 6.49. The zero-order valence-electron chi connectivity index (χ0n) is 21.5. The predicted molar refractivity (Wildman–Crippen MR) is 136 cm³/mol. The fraction of sp³-hybridized carbons (Fsp3) is 0.357. The van der Waals surface area contributed by atoms with E-state index in [4.69, 9.17) is 14.2 Å². The Morgan fingerprint density at radius 1 is 0.973 bits per heavy atom. The fourth-order valence-electron chi connectivity index (χ4n) is 4.52. The molecule has 37 heavy (non-hydrogen) atoms. The van der Waals surface area contributed by atoms with Crippen LogP contribution in [-0.2, 0) is 23.9 Å². The quantitative estimate of drug-likeness (QED) is 0.256. The lowest BCUT2D eigenvalue weighted by atomic mass is 9.97. The van der Waals surface area contributed by atoms with Crippen molar-refractivity contribution in [2.45, 2.75) is 38.9 Å². The van der Waals surface area contributed by atoms with Gasteiger partial charge in [-0.15, -0.1) is 0 Å². The highest BCUT2D eigenvalue weighted by molar-refractivity contribution is 5.90. The Hall–Kier alpha value is -3.59. The minimum absolute atomic E-state index is 0.0289. The van der Waals surface area contributed by atoms with Crippen LogP contribution < -0.4 is 9.47 Å². The molecule has 0 unspecified atom stereocenters. The highest BCUT2D eigenvalue weighted by Gasteiger charge is 2.39. The van der Waals surface area contributed by atoms with Gasteiger partial charge in [-0.2, -0.15) is 13.2 Å². The van der Waals surface area contributed by atoms with Gasteiger partial charge in [-0.25, -0.2) is 9.97 Å². The molecule has 0 aliphatic rings. The number of alkyl halides is 3. The number of aromatic nitrogens is 3. The summed E-state index contributed by atoms with van der Waals surface area (Å²) in [5, 5.41) is 0. The number of halogens is 3. The molecule has 0 saturated heterocycles. The summed E-state index contributed by atoms with van der Waals surface area (Å²) in [4.78, 5) is 8.72. The van der Waals surface area contributed by atoms with Crippen molar-refractivity contribution in [3.8, 4) is 23.0 Å². The minimum atomic E-state index is -4.66. The van der Waals surface area contributed by atoms with Crippen LogP contribution in [0.1, 0.15) is 42.0 Å². The minimum Gasteiger partial charge on any atom is -0.494 e. The van der Waals surface area contributed by atoms with Crippen molar-refractivity contribution in [3.63, 3.8) is 0 Å². The molecule has 0 N–H and O–H groups in total. The van der Waals surface area contributed by atoms with Crippen LogP contribution in [0.4, 0.5) is 13.2 Å². The van der Waals surface area contributed by atoms with Gasteiger partial charge in [0.2, 0.25) is 5.88 Å². The maximum Gasteiger partial charge on any atom is 0.418 e. The van der Waals surface area contributed by atoms with E-state index >= 15 is 0 Å². The molecule has 6 nitrogen and oxygen atoms in total. The third kappa shape index (κ3) is 5.27. The molecule has 0 spiro atoms. The van der Waals surface area contributed by atoms with Gasteiger partial charge in [0, 0.05) is 37.4 Å². The molecule has 196 valence electrons. The first-order valence-corrected chi connectivity index (χ1v) is 11.9. The third-order valence-electron chi connectivity index (χ3n) is 6.35. The second kappa shape index (κ2) is 10.8. The van der Waals surface area contributed by atoms with E-state index in [9.17, 15) is 13.2 Å². The van der Waals surface area contributed by atoms with Crippen LogP contribution in [0.2, 0.25) is 0 Å². The molecule has 0 saturated carbocycles. The first-order valence-electron chi connectivity index (χ1n) is 11.9. The lowest BCUT2D eigenvalue weighted by molar-refractivity contribution is -0.137. The lowest BCUT2D eigenvalue weighted by Gasteiger charge is -2.17. The average molecular weight is 514 g/mol. The van der Waals surface area contributed by atoms with Gasteiger partial charge in [0.15, 0.2) is 0 Å². The Balaban J connectivity index is 2.01. The third-order valence-corrected chi connectivity index (χ3v) is 6.35. The number of pyridine rings is 1. The van der Waals surface area contributed by atoms with E-state index in [-0.39, 0.29) is 28.9 Å². The fourth-order valence-corrected chi connectivity index (χ4v) is 4.52. The number of hydrogen-bond donors (Lipinski definition) is 0. The highest BCUT2D eigenvalue weighted by Crippen LogP contribution is 2.43. The Morgan fingerprint density at radius 2 is 1.70 bits per heavy atom. The zero-order valence-corrected chi connectivity index (χ0v) is 21.5. The van der Waals surface area contributed by atoms with Gasteiger partial charge in [0.05, 0.1) is 26.4 Å². The van der Waals surface area contributed by atoms with E-state index in [1.807, 2.05) is 24.3 Å². The summed E-state index contributed by atoms with van der Waals surface area (Å²) in [6.07, 6.45) is -3.18. The summed E-state index contributed by atoms with van der Waals surface area (Å²) >= 11 is 0. The number of benzene rings is 2. The van der Waals surface area contributed by atoms with E-state index in [1.165, 1.54) is 26.5 Å². The van der Waals surface area contributed by atoms with E-state index in [1.54, 1.807) is 23.8 Å². The number of rotatable bonds is 9. The van der Waals surface area contributed by atoms with Gasteiger partial charge in [-0.3, -0.25) is 0 Å². The topological polar surface area (TPSA) is 58.4 Å².